The van der Waals surface area contributed by atoms with Gasteiger partial charge in [-0.1, -0.05) is 6.07 Å². The van der Waals surface area contributed by atoms with Gasteiger partial charge in [0, 0.05) is 44.9 Å². The molecule has 1 fully saturated rings. The molecule has 1 unspecified atom stereocenters. The Bertz CT molecular complexity index is 393. The molecule has 1 aromatic rings. The van der Waals surface area contributed by atoms with Gasteiger partial charge >= 0.3 is 0 Å². The van der Waals surface area contributed by atoms with Crippen LogP contribution in [0.25, 0.3) is 0 Å². The molecule has 0 radical (unpaired) electrons. The Morgan fingerprint density at radius 2 is 2.22 bits per heavy atom. The fraction of sp³-hybridized carbons (Fsp3) is 0.583. The van der Waals surface area contributed by atoms with Gasteiger partial charge in [-0.15, -0.1) is 0 Å². The molecule has 0 saturated carbocycles. The van der Waals surface area contributed by atoms with Crippen molar-refractivity contribution in [1.82, 2.24) is 10.4 Å². The van der Waals surface area contributed by atoms with Crippen LogP contribution in [-0.4, -0.2) is 30.9 Å². The van der Waals surface area contributed by atoms with Crippen molar-refractivity contribution in [2.24, 2.45) is 5.84 Å². The summed E-state index contributed by atoms with van der Waals surface area (Å²) >= 11 is 0. The molecule has 1 aliphatic heterocycles. The smallest absolute Gasteiger partial charge is 0.128 e. The molecule has 0 aromatic carbocycles. The molecule has 6 heteroatoms. The molecule has 0 amide bonds. The lowest BCUT2D eigenvalue weighted by atomic mass is 9.82. The van der Waals surface area contributed by atoms with Crippen molar-refractivity contribution < 1.29 is 9.47 Å². The lowest BCUT2D eigenvalue weighted by Crippen LogP contribution is -2.51. The van der Waals surface area contributed by atoms with Gasteiger partial charge < -0.3 is 15.2 Å². The maximum Gasteiger partial charge on any atom is 0.128 e. The van der Waals surface area contributed by atoms with Crippen LogP contribution < -0.4 is 17.0 Å². The van der Waals surface area contributed by atoms with Gasteiger partial charge in [0.2, 0.25) is 0 Å². The van der Waals surface area contributed by atoms with Crippen molar-refractivity contribution in [1.29, 1.82) is 0 Å². The average molecular weight is 252 g/mol. The van der Waals surface area contributed by atoms with Crippen LogP contribution in [-0.2, 0) is 9.47 Å². The van der Waals surface area contributed by atoms with Gasteiger partial charge in [-0.3, -0.25) is 5.84 Å². The third-order valence-electron chi connectivity index (χ3n) is 3.62. The van der Waals surface area contributed by atoms with Crippen LogP contribution in [0.15, 0.2) is 18.3 Å². The Morgan fingerprint density at radius 3 is 2.78 bits per heavy atom. The summed E-state index contributed by atoms with van der Waals surface area (Å²) in [6.45, 7) is 1.32. The summed E-state index contributed by atoms with van der Waals surface area (Å²) in [4.78, 5) is 4.10. The van der Waals surface area contributed by atoms with Gasteiger partial charge in [0.15, 0.2) is 0 Å². The van der Waals surface area contributed by atoms with E-state index in [4.69, 9.17) is 21.1 Å². The minimum atomic E-state index is -0.399. The van der Waals surface area contributed by atoms with Gasteiger partial charge in [-0.25, -0.2) is 10.4 Å². The van der Waals surface area contributed by atoms with E-state index in [9.17, 15) is 0 Å². The Morgan fingerprint density at radius 1 is 1.50 bits per heavy atom. The second-order valence-electron chi connectivity index (χ2n) is 4.46. The number of nitrogens with one attached hydrogen (secondary N) is 1. The second kappa shape index (κ2) is 5.62. The standard InChI is InChI=1S/C12H20N4O2/c1-17-12(4-7-18-8-5-12)10(16-14)9-3-2-6-15-11(9)13/h2-3,6,10,16H,4-5,7-8,14H2,1H3,(H2,13,15). The maximum atomic E-state index is 5.92. The first-order valence-electron chi connectivity index (χ1n) is 6.03. The van der Waals surface area contributed by atoms with Crippen LogP contribution in [0.4, 0.5) is 5.82 Å². The van der Waals surface area contributed by atoms with Crippen LogP contribution in [0, 0.1) is 0 Å². The summed E-state index contributed by atoms with van der Waals surface area (Å²) in [7, 11) is 1.70. The molecule has 1 saturated heterocycles. The fourth-order valence-electron chi connectivity index (χ4n) is 2.53. The van der Waals surface area contributed by atoms with Crippen LogP contribution in [0.5, 0.6) is 0 Å². The minimum Gasteiger partial charge on any atom is -0.383 e. The van der Waals surface area contributed by atoms with E-state index in [0.29, 0.717) is 19.0 Å². The van der Waals surface area contributed by atoms with Gasteiger partial charge in [-0.2, -0.15) is 0 Å². The van der Waals surface area contributed by atoms with Crippen molar-refractivity contribution in [3.8, 4) is 0 Å². The summed E-state index contributed by atoms with van der Waals surface area (Å²) in [5, 5.41) is 0. The predicted octanol–water partition coefficient (Wildman–Crippen LogP) is 0.364. The number of hydrogen-bond donors (Lipinski definition) is 3. The Labute approximate surface area is 107 Å². The SMILES string of the molecule is COC1(C(NN)c2cccnc2N)CCOCC1. The Balaban J connectivity index is 2.34. The van der Waals surface area contributed by atoms with Crippen LogP contribution in [0.1, 0.15) is 24.4 Å². The van der Waals surface area contributed by atoms with E-state index < -0.39 is 5.60 Å². The van der Waals surface area contributed by atoms with Crippen molar-refractivity contribution >= 4 is 5.82 Å². The van der Waals surface area contributed by atoms with E-state index in [-0.39, 0.29) is 6.04 Å². The molecule has 1 aliphatic rings. The Kier molecular flexibility index (Phi) is 4.13. The molecule has 0 bridgehead atoms. The van der Waals surface area contributed by atoms with Gasteiger partial charge in [0.05, 0.1) is 11.6 Å². The van der Waals surface area contributed by atoms with Crippen molar-refractivity contribution in [3.05, 3.63) is 23.9 Å². The molecule has 100 valence electrons. The van der Waals surface area contributed by atoms with Crippen molar-refractivity contribution in [2.75, 3.05) is 26.1 Å². The highest BCUT2D eigenvalue weighted by Crippen LogP contribution is 2.38. The van der Waals surface area contributed by atoms with E-state index in [1.165, 1.54) is 0 Å². The van der Waals surface area contributed by atoms with Gasteiger partial charge in [-0.05, 0) is 6.07 Å². The number of hydrazine groups is 1. The number of pyridine rings is 1. The highest BCUT2D eigenvalue weighted by Gasteiger charge is 2.42. The first-order chi connectivity index (χ1) is 8.73. The van der Waals surface area contributed by atoms with Crippen molar-refractivity contribution in [3.63, 3.8) is 0 Å². The molecular formula is C12H20N4O2. The molecule has 5 N–H and O–H groups in total. The number of methoxy groups -OCH3 is 1. The molecular weight excluding hydrogens is 232 g/mol. The summed E-state index contributed by atoms with van der Waals surface area (Å²) in [5.41, 5.74) is 9.21. The fourth-order valence-corrected chi connectivity index (χ4v) is 2.53. The normalized spacial score (nSPS) is 20.6. The summed E-state index contributed by atoms with van der Waals surface area (Å²) in [6, 6.07) is 3.57. The number of nitrogen functional groups attached to an aromatic ring is 1. The third kappa shape index (κ3) is 2.32. The van der Waals surface area contributed by atoms with E-state index >= 15 is 0 Å². The highest BCUT2D eigenvalue weighted by atomic mass is 16.5. The van der Waals surface area contributed by atoms with Crippen LogP contribution in [0.3, 0.4) is 0 Å². The van der Waals surface area contributed by atoms with E-state index in [0.717, 1.165) is 18.4 Å². The largest absolute Gasteiger partial charge is 0.383 e. The first kappa shape index (κ1) is 13.2. The quantitative estimate of drug-likeness (QED) is 0.529. The molecule has 1 atom stereocenters. The summed E-state index contributed by atoms with van der Waals surface area (Å²) in [6.07, 6.45) is 3.20. The van der Waals surface area contributed by atoms with Gasteiger partial charge in [0.25, 0.3) is 0 Å². The molecule has 2 heterocycles. The summed E-state index contributed by atoms with van der Waals surface area (Å²) < 4.78 is 11.1. The lowest BCUT2D eigenvalue weighted by molar-refractivity contribution is -0.111. The number of nitrogens with zero attached hydrogens (tertiary/aromatic N) is 1. The third-order valence-corrected chi connectivity index (χ3v) is 3.62. The monoisotopic (exact) mass is 252 g/mol. The zero-order valence-electron chi connectivity index (χ0n) is 10.6. The van der Waals surface area contributed by atoms with Gasteiger partial charge in [0.1, 0.15) is 5.82 Å². The Hall–Kier alpha value is -1.21. The molecule has 1 aromatic heterocycles. The molecule has 6 nitrogen and oxygen atoms in total. The maximum absolute atomic E-state index is 5.92. The summed E-state index contributed by atoms with van der Waals surface area (Å²) in [5.74, 6) is 6.19. The molecule has 2 rings (SSSR count). The predicted molar refractivity (Wildman–Crippen MR) is 68.5 cm³/mol. The number of aromatic nitrogens is 1. The number of anilines is 1. The number of ether oxygens (including phenoxy) is 2. The zero-order valence-corrected chi connectivity index (χ0v) is 10.6. The van der Waals surface area contributed by atoms with E-state index in [1.54, 1.807) is 13.3 Å². The highest BCUT2D eigenvalue weighted by molar-refractivity contribution is 5.42. The first-order valence-corrected chi connectivity index (χ1v) is 6.03. The number of hydrogen-bond acceptors (Lipinski definition) is 6. The number of rotatable bonds is 4. The van der Waals surface area contributed by atoms with Crippen LogP contribution >= 0.6 is 0 Å². The molecule has 0 spiro atoms. The van der Waals surface area contributed by atoms with E-state index in [2.05, 4.69) is 10.4 Å². The molecule has 18 heavy (non-hydrogen) atoms. The van der Waals surface area contributed by atoms with Crippen LogP contribution in [0.2, 0.25) is 0 Å². The second-order valence-corrected chi connectivity index (χ2v) is 4.46. The van der Waals surface area contributed by atoms with Crippen molar-refractivity contribution in [2.45, 2.75) is 24.5 Å². The minimum absolute atomic E-state index is 0.194. The molecule has 0 aliphatic carbocycles. The average Bonchev–Trinajstić information content (AvgIpc) is 2.43. The van der Waals surface area contributed by atoms with E-state index in [1.807, 2.05) is 12.1 Å². The zero-order chi connectivity index (χ0) is 13.0. The lowest BCUT2D eigenvalue weighted by Gasteiger charge is -2.42. The number of nitrogens with two attached hydrogens (primary N) is 2. The topological polar surface area (TPSA) is 95.4 Å².